The summed E-state index contributed by atoms with van der Waals surface area (Å²) in [6.07, 6.45) is 7.89. The minimum atomic E-state index is -3.94. The van der Waals surface area contributed by atoms with E-state index in [1.807, 2.05) is 0 Å². The summed E-state index contributed by atoms with van der Waals surface area (Å²) in [5.74, 6) is 0.144. The molecular formula is C32H42N2O6S2. The van der Waals surface area contributed by atoms with Crippen molar-refractivity contribution in [3.63, 3.8) is 0 Å². The predicted molar refractivity (Wildman–Crippen MR) is 162 cm³/mol. The van der Waals surface area contributed by atoms with Crippen molar-refractivity contribution in [1.82, 2.24) is 9.44 Å². The van der Waals surface area contributed by atoms with Gasteiger partial charge in [0.1, 0.15) is 0 Å². The van der Waals surface area contributed by atoms with Gasteiger partial charge in [-0.05, 0) is 105 Å². The molecule has 0 heterocycles. The second-order valence-electron chi connectivity index (χ2n) is 13.4. The van der Waals surface area contributed by atoms with Crippen LogP contribution in [0.2, 0.25) is 0 Å². The van der Waals surface area contributed by atoms with Crippen molar-refractivity contribution in [3.8, 4) is 0 Å². The van der Waals surface area contributed by atoms with E-state index in [1.165, 1.54) is 36.4 Å². The summed E-state index contributed by atoms with van der Waals surface area (Å²) in [6, 6.07) is 7.58. The Hall–Kier alpha value is -2.40. The second-order valence-corrected chi connectivity index (χ2v) is 16.8. The van der Waals surface area contributed by atoms with Crippen molar-refractivity contribution < 1.29 is 26.4 Å². The minimum Gasteiger partial charge on any atom is -0.289 e. The average Bonchev–Trinajstić information content (AvgIpc) is 2.95. The van der Waals surface area contributed by atoms with E-state index in [0.29, 0.717) is 11.8 Å². The van der Waals surface area contributed by atoms with Gasteiger partial charge in [-0.15, -0.1) is 0 Å². The number of fused-ring (bicyclic) bond motifs is 2. The van der Waals surface area contributed by atoms with Crippen LogP contribution in [0.4, 0.5) is 0 Å². The fourth-order valence-electron chi connectivity index (χ4n) is 6.78. The third-order valence-corrected chi connectivity index (χ3v) is 12.6. The van der Waals surface area contributed by atoms with Crippen LogP contribution in [0.25, 0.3) is 0 Å². The molecule has 0 aromatic heterocycles. The first-order valence-electron chi connectivity index (χ1n) is 15.1. The minimum absolute atomic E-state index is 0.0342. The summed E-state index contributed by atoms with van der Waals surface area (Å²) in [6.45, 7) is 8.77. The highest BCUT2D eigenvalue weighted by atomic mass is 32.2. The lowest BCUT2D eigenvalue weighted by atomic mass is 9.71. The van der Waals surface area contributed by atoms with Crippen LogP contribution in [-0.2, 0) is 20.0 Å². The zero-order valence-electron chi connectivity index (χ0n) is 24.9. The van der Waals surface area contributed by atoms with Gasteiger partial charge in [0.05, 0.1) is 9.79 Å². The van der Waals surface area contributed by atoms with E-state index in [4.69, 9.17) is 0 Å². The summed E-state index contributed by atoms with van der Waals surface area (Å²) in [4.78, 5) is 26.7. The molecule has 0 spiro atoms. The molecule has 2 fully saturated rings. The Morgan fingerprint density at radius 1 is 0.643 bits per heavy atom. The highest BCUT2D eigenvalue weighted by Crippen LogP contribution is 2.38. The van der Waals surface area contributed by atoms with Gasteiger partial charge in [0.2, 0.25) is 20.0 Å². The quantitative estimate of drug-likeness (QED) is 0.357. The fourth-order valence-corrected chi connectivity index (χ4v) is 9.45. The first-order valence-corrected chi connectivity index (χ1v) is 18.1. The molecule has 3 aliphatic carbocycles. The first kappa shape index (κ1) is 31.0. The lowest BCUT2D eigenvalue weighted by Crippen LogP contribution is -2.39. The fraction of sp³-hybridized carbons (Fsp3) is 0.562. The highest BCUT2D eigenvalue weighted by Gasteiger charge is 2.35. The SMILES string of the molecule is CCC1CCC(NS(=O)(=O)c2ccc3c(c2)C(=O)c2cc(S(=O)(=O)NC4CCC(C(C)(C)C)CC4)ccc2C3=O)CC1. The topological polar surface area (TPSA) is 126 Å². The van der Waals surface area contributed by atoms with Crippen molar-refractivity contribution in [2.75, 3.05) is 0 Å². The Balaban J connectivity index is 1.35. The number of ketones is 2. The third-order valence-electron chi connectivity index (χ3n) is 9.60. The van der Waals surface area contributed by atoms with Crippen molar-refractivity contribution in [2.45, 2.75) is 107 Å². The zero-order valence-corrected chi connectivity index (χ0v) is 26.5. The predicted octanol–water partition coefficient (Wildman–Crippen LogP) is 5.59. The molecule has 10 heteroatoms. The lowest BCUT2D eigenvalue weighted by molar-refractivity contribution is 0.0978. The number of hydrogen-bond donors (Lipinski definition) is 2. The number of sulfonamides is 2. The summed E-state index contributed by atoms with van der Waals surface area (Å²) in [7, 11) is -7.85. The highest BCUT2D eigenvalue weighted by molar-refractivity contribution is 7.89. The van der Waals surface area contributed by atoms with Crippen LogP contribution < -0.4 is 9.44 Å². The molecule has 8 nitrogen and oxygen atoms in total. The smallest absolute Gasteiger partial charge is 0.240 e. The Labute approximate surface area is 250 Å². The number of nitrogens with one attached hydrogen (secondary N) is 2. The van der Waals surface area contributed by atoms with E-state index in [0.717, 1.165) is 57.8 Å². The molecule has 0 bridgehead atoms. The van der Waals surface area contributed by atoms with Crippen molar-refractivity contribution in [3.05, 3.63) is 58.7 Å². The zero-order chi connectivity index (χ0) is 30.4. The summed E-state index contributed by atoms with van der Waals surface area (Å²) in [5.41, 5.74) is 0.327. The number of hydrogen-bond acceptors (Lipinski definition) is 6. The number of carbonyl (C=O) groups excluding carboxylic acids is 2. The molecule has 2 aromatic rings. The maximum Gasteiger partial charge on any atom is 0.240 e. The molecule has 0 radical (unpaired) electrons. The van der Waals surface area contributed by atoms with Gasteiger partial charge in [0.25, 0.3) is 0 Å². The van der Waals surface area contributed by atoms with Crippen LogP contribution in [0.5, 0.6) is 0 Å². The lowest BCUT2D eigenvalue weighted by Gasteiger charge is -2.37. The van der Waals surface area contributed by atoms with Gasteiger partial charge in [-0.2, -0.15) is 0 Å². The summed E-state index contributed by atoms with van der Waals surface area (Å²) in [5, 5.41) is 0. The number of carbonyl (C=O) groups is 2. The van der Waals surface area contributed by atoms with Gasteiger partial charge in [-0.25, -0.2) is 26.3 Å². The maximum atomic E-state index is 13.6. The molecule has 0 saturated heterocycles. The molecule has 2 saturated carbocycles. The number of benzene rings is 2. The van der Waals surface area contributed by atoms with E-state index >= 15 is 0 Å². The van der Waals surface area contributed by atoms with Gasteiger partial charge in [-0.3, -0.25) is 9.59 Å². The Kier molecular flexibility index (Phi) is 8.57. The third kappa shape index (κ3) is 6.27. The van der Waals surface area contributed by atoms with Gasteiger partial charge in [0, 0.05) is 34.3 Å². The second kappa shape index (κ2) is 11.6. The largest absolute Gasteiger partial charge is 0.289 e. The van der Waals surface area contributed by atoms with Gasteiger partial charge in [-0.1, -0.05) is 34.1 Å². The summed E-state index contributed by atoms with van der Waals surface area (Å²) < 4.78 is 58.7. The molecule has 0 aliphatic heterocycles. The molecule has 5 rings (SSSR count). The molecule has 3 aliphatic rings. The van der Waals surface area contributed by atoms with Crippen molar-refractivity contribution in [1.29, 1.82) is 0 Å². The molecule has 2 aromatic carbocycles. The monoisotopic (exact) mass is 614 g/mol. The first-order chi connectivity index (χ1) is 19.7. The Bertz CT molecular complexity index is 1590. The van der Waals surface area contributed by atoms with Gasteiger partial charge in [0.15, 0.2) is 11.6 Å². The number of rotatable bonds is 7. The van der Waals surface area contributed by atoms with Crippen molar-refractivity contribution >= 4 is 31.6 Å². The van der Waals surface area contributed by atoms with Crippen LogP contribution in [0.3, 0.4) is 0 Å². The molecule has 228 valence electrons. The maximum absolute atomic E-state index is 13.6. The normalized spacial score (nSPS) is 25.1. The van der Waals surface area contributed by atoms with E-state index in [9.17, 15) is 26.4 Å². The standard InChI is InChI=1S/C32H42N2O6S2/c1-5-20-6-10-22(11-7-20)33-41(37,38)24-14-16-26-28(18-24)31(36)29-19-25(15-17-27(29)30(26)35)42(39,40)34-23-12-8-21(9-13-23)32(2,3)4/h14-23,33-34H,5-13H2,1-4H3. The Morgan fingerprint density at radius 2 is 1.05 bits per heavy atom. The summed E-state index contributed by atoms with van der Waals surface area (Å²) >= 11 is 0. The van der Waals surface area contributed by atoms with E-state index in [-0.39, 0.29) is 49.5 Å². The van der Waals surface area contributed by atoms with E-state index in [1.54, 1.807) is 0 Å². The van der Waals surface area contributed by atoms with Crippen LogP contribution in [0.1, 0.15) is 117 Å². The molecule has 2 N–H and O–H groups in total. The van der Waals surface area contributed by atoms with Crippen LogP contribution in [-0.4, -0.2) is 40.5 Å². The molecule has 0 amide bonds. The molecule has 42 heavy (non-hydrogen) atoms. The van der Waals surface area contributed by atoms with E-state index in [2.05, 4.69) is 37.1 Å². The van der Waals surface area contributed by atoms with Crippen LogP contribution in [0, 0.1) is 17.3 Å². The average molecular weight is 615 g/mol. The van der Waals surface area contributed by atoms with Gasteiger partial charge >= 0.3 is 0 Å². The van der Waals surface area contributed by atoms with Crippen molar-refractivity contribution in [2.24, 2.45) is 17.3 Å². The van der Waals surface area contributed by atoms with Crippen LogP contribution >= 0.6 is 0 Å². The molecule has 0 unspecified atom stereocenters. The van der Waals surface area contributed by atoms with Gasteiger partial charge < -0.3 is 0 Å². The molecular weight excluding hydrogens is 572 g/mol. The Morgan fingerprint density at radius 3 is 1.45 bits per heavy atom. The molecule has 0 atom stereocenters. The van der Waals surface area contributed by atoms with E-state index < -0.39 is 31.6 Å². The van der Waals surface area contributed by atoms with Crippen LogP contribution in [0.15, 0.2) is 46.2 Å².